The second-order valence-electron chi connectivity index (χ2n) is 9.94. The number of nitrogens with one attached hydrogen (secondary N) is 1. The molecule has 2 atom stereocenters. The van der Waals surface area contributed by atoms with Crippen LogP contribution in [0.4, 0.5) is 0 Å². The van der Waals surface area contributed by atoms with E-state index in [2.05, 4.69) is 15.6 Å². The van der Waals surface area contributed by atoms with Crippen LogP contribution in [0.3, 0.4) is 0 Å². The first-order chi connectivity index (χ1) is 18.1. The maximum atomic E-state index is 14.0. The number of hydrogen-bond donors (Lipinski definition) is 1. The number of methoxy groups -OCH3 is 1. The van der Waals surface area contributed by atoms with Crippen molar-refractivity contribution in [3.05, 3.63) is 54.1 Å². The van der Waals surface area contributed by atoms with E-state index >= 15 is 0 Å². The monoisotopic (exact) mass is 505 g/mol. The van der Waals surface area contributed by atoms with Gasteiger partial charge >= 0.3 is 0 Å². The van der Waals surface area contributed by atoms with Gasteiger partial charge < -0.3 is 19.7 Å². The van der Waals surface area contributed by atoms with Crippen molar-refractivity contribution < 1.29 is 19.1 Å². The number of para-hydroxylation sites is 1. The van der Waals surface area contributed by atoms with Gasteiger partial charge in [-0.2, -0.15) is 0 Å². The summed E-state index contributed by atoms with van der Waals surface area (Å²) in [4.78, 5) is 29.6. The Balaban J connectivity index is 1.48. The average molecular weight is 506 g/mol. The van der Waals surface area contributed by atoms with Crippen LogP contribution in [0.25, 0.3) is 11.0 Å². The van der Waals surface area contributed by atoms with E-state index in [0.717, 1.165) is 49.6 Å². The maximum absolute atomic E-state index is 14.0. The van der Waals surface area contributed by atoms with Gasteiger partial charge in [0.15, 0.2) is 0 Å². The summed E-state index contributed by atoms with van der Waals surface area (Å²) in [5, 5.41) is 11.7. The zero-order valence-electron chi connectivity index (χ0n) is 21.3. The van der Waals surface area contributed by atoms with Crippen LogP contribution < -0.4 is 10.1 Å². The normalized spacial score (nSPS) is 19.0. The van der Waals surface area contributed by atoms with Crippen LogP contribution in [-0.4, -0.2) is 64.1 Å². The highest BCUT2D eigenvalue weighted by Gasteiger charge is 2.35. The Morgan fingerprint density at radius 1 is 1.11 bits per heavy atom. The summed E-state index contributed by atoms with van der Waals surface area (Å²) < 4.78 is 13.0. The number of ether oxygens (including phenoxy) is 2. The van der Waals surface area contributed by atoms with Crippen LogP contribution in [0, 0.1) is 0 Å². The quantitative estimate of drug-likeness (QED) is 0.477. The number of carbonyl (C=O) groups excluding carboxylic acids is 2. The van der Waals surface area contributed by atoms with E-state index in [9.17, 15) is 9.59 Å². The second kappa shape index (κ2) is 11.7. The van der Waals surface area contributed by atoms with Gasteiger partial charge in [-0.1, -0.05) is 48.7 Å². The van der Waals surface area contributed by atoms with Crippen molar-refractivity contribution >= 4 is 22.8 Å². The van der Waals surface area contributed by atoms with E-state index < -0.39 is 6.04 Å². The van der Waals surface area contributed by atoms with Crippen molar-refractivity contribution in [2.24, 2.45) is 0 Å². The highest BCUT2D eigenvalue weighted by atomic mass is 16.5. The van der Waals surface area contributed by atoms with Gasteiger partial charge in [-0.05, 0) is 55.5 Å². The van der Waals surface area contributed by atoms with Crippen LogP contribution >= 0.6 is 0 Å². The van der Waals surface area contributed by atoms with Gasteiger partial charge in [0.25, 0.3) is 0 Å². The van der Waals surface area contributed by atoms with Crippen molar-refractivity contribution in [3.63, 3.8) is 0 Å². The van der Waals surface area contributed by atoms with Crippen molar-refractivity contribution in [1.82, 2.24) is 25.2 Å². The third kappa shape index (κ3) is 5.93. The summed E-state index contributed by atoms with van der Waals surface area (Å²) in [6.07, 6.45) is 7.00. The SMILES string of the molecule is COc1cccc(C(C(=O)NC2CCCCC2)N(CC2CCCO2)C(=O)Cn2nnc3ccccc32)c1. The molecule has 1 aliphatic carbocycles. The molecule has 3 aromatic rings. The summed E-state index contributed by atoms with van der Waals surface area (Å²) >= 11 is 0. The van der Waals surface area contributed by atoms with Crippen LogP contribution in [-0.2, 0) is 20.9 Å². The Bertz CT molecular complexity index is 1220. The second-order valence-corrected chi connectivity index (χ2v) is 9.94. The number of rotatable bonds is 9. The zero-order chi connectivity index (χ0) is 25.6. The fraction of sp³-hybridized carbons (Fsp3) is 0.500. The molecule has 9 heteroatoms. The van der Waals surface area contributed by atoms with Gasteiger partial charge in [0.05, 0.1) is 18.7 Å². The molecule has 9 nitrogen and oxygen atoms in total. The van der Waals surface area contributed by atoms with Gasteiger partial charge in [-0.15, -0.1) is 5.10 Å². The van der Waals surface area contributed by atoms with E-state index in [1.165, 1.54) is 6.42 Å². The molecule has 1 N–H and O–H groups in total. The van der Waals surface area contributed by atoms with E-state index in [1.807, 2.05) is 48.5 Å². The number of hydrogen-bond acceptors (Lipinski definition) is 6. The molecule has 2 unspecified atom stereocenters. The number of aromatic nitrogens is 3. The Labute approximate surface area is 217 Å². The first kappa shape index (κ1) is 25.2. The molecular weight excluding hydrogens is 470 g/mol. The minimum Gasteiger partial charge on any atom is -0.497 e. The van der Waals surface area contributed by atoms with Crippen LogP contribution in [0.2, 0.25) is 0 Å². The molecule has 0 bridgehead atoms. The molecule has 2 aliphatic rings. The lowest BCUT2D eigenvalue weighted by Crippen LogP contribution is -2.49. The molecular formula is C28H35N5O4. The van der Waals surface area contributed by atoms with E-state index in [1.54, 1.807) is 16.7 Å². The van der Waals surface area contributed by atoms with Crippen LogP contribution in [0.5, 0.6) is 5.75 Å². The third-order valence-corrected chi connectivity index (χ3v) is 7.37. The fourth-order valence-electron chi connectivity index (χ4n) is 5.42. The van der Waals surface area contributed by atoms with Gasteiger partial charge in [0.1, 0.15) is 23.9 Å². The molecule has 2 aromatic carbocycles. The Hall–Kier alpha value is -3.46. The zero-order valence-corrected chi connectivity index (χ0v) is 21.3. The minimum absolute atomic E-state index is 0.0234. The molecule has 196 valence electrons. The molecule has 1 saturated carbocycles. The minimum atomic E-state index is -0.816. The molecule has 37 heavy (non-hydrogen) atoms. The molecule has 2 heterocycles. The molecule has 1 aromatic heterocycles. The van der Waals surface area contributed by atoms with Gasteiger partial charge in [0.2, 0.25) is 11.8 Å². The average Bonchev–Trinajstić information content (AvgIpc) is 3.59. The number of carbonyl (C=O) groups is 2. The van der Waals surface area contributed by atoms with E-state index in [-0.39, 0.29) is 30.5 Å². The first-order valence-electron chi connectivity index (χ1n) is 13.3. The molecule has 0 spiro atoms. The lowest BCUT2D eigenvalue weighted by molar-refractivity contribution is -0.143. The molecule has 0 radical (unpaired) electrons. The Morgan fingerprint density at radius 3 is 2.73 bits per heavy atom. The summed E-state index contributed by atoms with van der Waals surface area (Å²) in [5.74, 6) is 0.257. The van der Waals surface area contributed by atoms with Crippen molar-refractivity contribution in [1.29, 1.82) is 0 Å². The largest absolute Gasteiger partial charge is 0.497 e. The summed E-state index contributed by atoms with van der Waals surface area (Å²) in [5.41, 5.74) is 2.21. The predicted octanol–water partition coefficient (Wildman–Crippen LogP) is 3.64. The van der Waals surface area contributed by atoms with Crippen LogP contribution in [0.15, 0.2) is 48.5 Å². The number of fused-ring (bicyclic) bond motifs is 1. The Morgan fingerprint density at radius 2 is 1.95 bits per heavy atom. The number of benzene rings is 2. The summed E-state index contributed by atoms with van der Waals surface area (Å²) in [6.45, 7) is 0.967. The smallest absolute Gasteiger partial charge is 0.247 e. The molecule has 1 aliphatic heterocycles. The highest BCUT2D eigenvalue weighted by molar-refractivity contribution is 5.89. The van der Waals surface area contributed by atoms with Gasteiger partial charge in [-0.3, -0.25) is 9.59 Å². The summed E-state index contributed by atoms with van der Waals surface area (Å²) in [6, 6.07) is 14.3. The van der Waals surface area contributed by atoms with Gasteiger partial charge in [-0.25, -0.2) is 4.68 Å². The molecule has 2 fully saturated rings. The Kier molecular flexibility index (Phi) is 7.99. The lowest BCUT2D eigenvalue weighted by atomic mass is 9.94. The fourth-order valence-corrected chi connectivity index (χ4v) is 5.42. The predicted molar refractivity (Wildman–Crippen MR) is 139 cm³/mol. The van der Waals surface area contributed by atoms with Gasteiger partial charge in [0, 0.05) is 19.2 Å². The van der Waals surface area contributed by atoms with E-state index in [4.69, 9.17) is 9.47 Å². The topological polar surface area (TPSA) is 98.6 Å². The highest BCUT2D eigenvalue weighted by Crippen LogP contribution is 2.29. The number of amides is 2. The lowest BCUT2D eigenvalue weighted by Gasteiger charge is -2.34. The van der Waals surface area contributed by atoms with Crippen molar-refractivity contribution in [2.45, 2.75) is 69.7 Å². The molecule has 2 amide bonds. The number of nitrogens with zero attached hydrogens (tertiary/aromatic N) is 4. The van der Waals surface area contributed by atoms with E-state index in [0.29, 0.717) is 24.5 Å². The molecule has 1 saturated heterocycles. The van der Waals surface area contributed by atoms with Crippen molar-refractivity contribution in [2.75, 3.05) is 20.3 Å². The summed E-state index contributed by atoms with van der Waals surface area (Å²) in [7, 11) is 1.60. The molecule has 5 rings (SSSR count). The standard InChI is InChI=1S/C28H35N5O4/c1-36-22-12-7-9-20(17-22)27(28(35)29-21-10-3-2-4-11-21)32(18-23-13-8-16-37-23)26(34)19-33-25-15-6-5-14-24(25)30-31-33/h5-7,9,12,14-15,17,21,23,27H,2-4,8,10-11,13,16,18-19H2,1H3,(H,29,35). The van der Waals surface area contributed by atoms with Crippen molar-refractivity contribution in [3.8, 4) is 5.75 Å². The first-order valence-corrected chi connectivity index (χ1v) is 13.3. The van der Waals surface area contributed by atoms with Crippen LogP contribution in [0.1, 0.15) is 56.6 Å². The third-order valence-electron chi connectivity index (χ3n) is 7.37. The maximum Gasteiger partial charge on any atom is 0.247 e.